The predicted octanol–water partition coefficient (Wildman–Crippen LogP) is 2.25. The van der Waals surface area contributed by atoms with Gasteiger partial charge in [0.25, 0.3) is 11.8 Å². The van der Waals surface area contributed by atoms with Crippen LogP contribution in [0, 0.1) is 0 Å². The molecule has 7 heteroatoms. The highest BCUT2D eigenvalue weighted by Crippen LogP contribution is 2.31. The largest absolute Gasteiger partial charge is 0.497 e. The van der Waals surface area contributed by atoms with Gasteiger partial charge in [-0.3, -0.25) is 9.59 Å². The number of amides is 2. The number of methoxy groups -OCH3 is 2. The Bertz CT molecular complexity index is 837. The highest BCUT2D eigenvalue weighted by molar-refractivity contribution is 5.98. The minimum Gasteiger partial charge on any atom is -0.497 e. The van der Waals surface area contributed by atoms with Crippen LogP contribution in [0.15, 0.2) is 42.5 Å². The summed E-state index contributed by atoms with van der Waals surface area (Å²) < 4.78 is 15.5. The number of hydrogen-bond acceptors (Lipinski definition) is 5. The van der Waals surface area contributed by atoms with Crippen molar-refractivity contribution in [1.29, 1.82) is 0 Å². The molecule has 0 atom stereocenters. The van der Waals surface area contributed by atoms with Crippen LogP contribution in [0.3, 0.4) is 0 Å². The Morgan fingerprint density at radius 1 is 1.07 bits per heavy atom. The first-order valence-corrected chi connectivity index (χ1v) is 8.59. The topological polar surface area (TPSA) is 77.1 Å². The van der Waals surface area contributed by atoms with Gasteiger partial charge in [0.15, 0.2) is 6.61 Å². The third-order valence-corrected chi connectivity index (χ3v) is 4.24. The molecular formula is C20H22N2O5. The van der Waals surface area contributed by atoms with Crippen molar-refractivity contribution in [3.8, 4) is 11.5 Å². The number of nitrogens with zero attached hydrogens (tertiary/aromatic N) is 1. The molecule has 2 aromatic rings. The van der Waals surface area contributed by atoms with Crippen molar-refractivity contribution in [2.24, 2.45) is 0 Å². The van der Waals surface area contributed by atoms with Crippen LogP contribution in [0.4, 0.5) is 11.4 Å². The summed E-state index contributed by atoms with van der Waals surface area (Å²) in [5.74, 6) is 0.828. The lowest BCUT2D eigenvalue weighted by Crippen LogP contribution is -2.32. The Morgan fingerprint density at radius 2 is 1.89 bits per heavy atom. The number of rotatable bonds is 7. The normalized spacial score (nSPS) is 12.4. The second-order valence-corrected chi connectivity index (χ2v) is 6.09. The summed E-state index contributed by atoms with van der Waals surface area (Å²) in [7, 11) is 3.06. The summed E-state index contributed by atoms with van der Waals surface area (Å²) >= 11 is 0. The maximum Gasteiger partial charge on any atom is 0.262 e. The van der Waals surface area contributed by atoms with Gasteiger partial charge in [0.2, 0.25) is 0 Å². The molecule has 0 fully saturated rings. The number of benzene rings is 2. The third kappa shape index (κ3) is 4.57. The van der Waals surface area contributed by atoms with E-state index < -0.39 is 0 Å². The Balaban J connectivity index is 1.61. The van der Waals surface area contributed by atoms with Crippen LogP contribution in [0.1, 0.15) is 5.56 Å². The van der Waals surface area contributed by atoms with Crippen molar-refractivity contribution < 1.29 is 23.8 Å². The van der Waals surface area contributed by atoms with Crippen molar-refractivity contribution in [3.05, 3.63) is 48.0 Å². The second-order valence-electron chi connectivity index (χ2n) is 6.09. The second kappa shape index (κ2) is 8.55. The molecule has 1 aliphatic rings. The molecule has 1 heterocycles. The van der Waals surface area contributed by atoms with Crippen LogP contribution in [0.5, 0.6) is 11.5 Å². The summed E-state index contributed by atoms with van der Waals surface area (Å²) in [6.45, 7) is 0.523. The monoisotopic (exact) mass is 370 g/mol. The van der Waals surface area contributed by atoms with Gasteiger partial charge in [0, 0.05) is 31.1 Å². The number of ether oxygens (including phenoxy) is 3. The van der Waals surface area contributed by atoms with E-state index in [9.17, 15) is 9.59 Å². The number of nitrogens with one attached hydrogen (secondary N) is 1. The van der Waals surface area contributed by atoms with Crippen LogP contribution < -0.4 is 19.7 Å². The van der Waals surface area contributed by atoms with Crippen molar-refractivity contribution >= 4 is 23.2 Å². The fraction of sp³-hybridized carbons (Fsp3) is 0.300. The fourth-order valence-corrected chi connectivity index (χ4v) is 2.95. The van der Waals surface area contributed by atoms with E-state index in [0.717, 1.165) is 17.7 Å². The van der Waals surface area contributed by atoms with Gasteiger partial charge in [0.1, 0.15) is 18.1 Å². The lowest BCUT2D eigenvalue weighted by molar-refractivity contribution is -0.122. The van der Waals surface area contributed by atoms with Crippen molar-refractivity contribution in [1.82, 2.24) is 0 Å². The van der Waals surface area contributed by atoms with Crippen LogP contribution in [-0.2, 0) is 20.7 Å². The average molecular weight is 370 g/mol. The number of carbonyl (C=O) groups is 2. The predicted molar refractivity (Wildman–Crippen MR) is 101 cm³/mol. The van der Waals surface area contributed by atoms with E-state index in [0.29, 0.717) is 23.7 Å². The zero-order valence-corrected chi connectivity index (χ0v) is 15.4. The van der Waals surface area contributed by atoms with Crippen LogP contribution in [0.2, 0.25) is 0 Å². The van der Waals surface area contributed by atoms with Crippen molar-refractivity contribution in [2.75, 3.05) is 44.2 Å². The van der Waals surface area contributed by atoms with Gasteiger partial charge >= 0.3 is 0 Å². The lowest BCUT2D eigenvalue weighted by atomic mass is 10.1. The number of anilines is 2. The minimum atomic E-state index is -0.287. The van der Waals surface area contributed by atoms with Gasteiger partial charge in [-0.05, 0) is 36.2 Å². The van der Waals surface area contributed by atoms with Gasteiger partial charge in [-0.15, -0.1) is 0 Å². The molecule has 3 rings (SSSR count). The molecule has 27 heavy (non-hydrogen) atoms. The SMILES string of the molecule is COCC(=O)N1CCc2ccc(NC(=O)COc3cccc(OC)c3)cc21. The quantitative estimate of drug-likeness (QED) is 0.809. The first-order valence-electron chi connectivity index (χ1n) is 8.59. The molecule has 0 saturated heterocycles. The van der Waals surface area contributed by atoms with E-state index in [2.05, 4.69) is 5.32 Å². The van der Waals surface area contributed by atoms with Crippen molar-refractivity contribution in [3.63, 3.8) is 0 Å². The fourth-order valence-electron chi connectivity index (χ4n) is 2.95. The van der Waals surface area contributed by atoms with E-state index in [1.165, 1.54) is 7.11 Å². The molecule has 0 aliphatic carbocycles. The maximum absolute atomic E-state index is 12.2. The molecule has 0 bridgehead atoms. The molecule has 7 nitrogen and oxygen atoms in total. The van der Waals surface area contributed by atoms with E-state index in [-0.39, 0.29) is 25.0 Å². The van der Waals surface area contributed by atoms with Crippen LogP contribution in [-0.4, -0.2) is 45.8 Å². The molecule has 2 amide bonds. The third-order valence-electron chi connectivity index (χ3n) is 4.24. The zero-order valence-electron chi connectivity index (χ0n) is 15.4. The highest BCUT2D eigenvalue weighted by Gasteiger charge is 2.24. The standard InChI is InChI=1S/C20H22N2O5/c1-25-13-20(24)22-9-8-14-6-7-15(10-18(14)22)21-19(23)12-27-17-5-3-4-16(11-17)26-2/h3-7,10-11H,8-9,12-13H2,1-2H3,(H,21,23). The van der Waals surface area contributed by atoms with E-state index in [1.54, 1.807) is 42.3 Å². The molecule has 1 N–H and O–H groups in total. The first-order chi connectivity index (χ1) is 13.1. The molecule has 0 unspecified atom stereocenters. The number of fused-ring (bicyclic) bond motifs is 1. The average Bonchev–Trinajstić information content (AvgIpc) is 3.10. The summed E-state index contributed by atoms with van der Waals surface area (Å²) in [4.78, 5) is 26.0. The van der Waals surface area contributed by atoms with Crippen LogP contribution >= 0.6 is 0 Å². The molecule has 0 radical (unpaired) electrons. The van der Waals surface area contributed by atoms with E-state index in [4.69, 9.17) is 14.2 Å². The summed E-state index contributed by atoms with van der Waals surface area (Å²) in [6, 6.07) is 12.6. The number of carbonyl (C=O) groups excluding carboxylic acids is 2. The van der Waals surface area contributed by atoms with Gasteiger partial charge < -0.3 is 24.4 Å². The Kier molecular flexibility index (Phi) is 5.93. The van der Waals surface area contributed by atoms with E-state index in [1.807, 2.05) is 12.1 Å². The smallest absolute Gasteiger partial charge is 0.262 e. The van der Waals surface area contributed by atoms with Gasteiger partial charge in [-0.25, -0.2) is 0 Å². The Labute approximate surface area is 157 Å². The van der Waals surface area contributed by atoms with Crippen LogP contribution in [0.25, 0.3) is 0 Å². The van der Waals surface area contributed by atoms with Gasteiger partial charge in [-0.2, -0.15) is 0 Å². The zero-order chi connectivity index (χ0) is 19.2. The summed E-state index contributed by atoms with van der Waals surface area (Å²) in [5, 5.41) is 2.80. The van der Waals surface area contributed by atoms with Crippen molar-refractivity contribution in [2.45, 2.75) is 6.42 Å². The van der Waals surface area contributed by atoms with Gasteiger partial charge in [0.05, 0.1) is 7.11 Å². The number of hydrogen-bond donors (Lipinski definition) is 1. The Hall–Kier alpha value is -3.06. The lowest BCUT2D eigenvalue weighted by Gasteiger charge is -2.17. The molecule has 0 saturated carbocycles. The summed E-state index contributed by atoms with van der Waals surface area (Å²) in [5.41, 5.74) is 2.50. The molecular weight excluding hydrogens is 348 g/mol. The highest BCUT2D eigenvalue weighted by atomic mass is 16.5. The molecule has 0 spiro atoms. The minimum absolute atomic E-state index is 0.0321. The van der Waals surface area contributed by atoms with Gasteiger partial charge in [-0.1, -0.05) is 12.1 Å². The molecule has 0 aromatic heterocycles. The summed E-state index contributed by atoms with van der Waals surface area (Å²) in [6.07, 6.45) is 0.790. The molecule has 2 aromatic carbocycles. The Morgan fingerprint density at radius 3 is 2.67 bits per heavy atom. The molecule has 1 aliphatic heterocycles. The molecule has 142 valence electrons. The first kappa shape index (κ1) is 18.7. The maximum atomic E-state index is 12.2. The van der Waals surface area contributed by atoms with E-state index >= 15 is 0 Å².